The van der Waals surface area contributed by atoms with Gasteiger partial charge in [0, 0.05) is 29.8 Å². The quantitative estimate of drug-likeness (QED) is 0.723. The number of benzene rings is 2. The molecule has 0 saturated heterocycles. The van der Waals surface area contributed by atoms with Crippen molar-refractivity contribution in [3.63, 3.8) is 0 Å². The summed E-state index contributed by atoms with van der Waals surface area (Å²) in [5, 5.41) is 2.10. The van der Waals surface area contributed by atoms with Crippen molar-refractivity contribution in [1.29, 1.82) is 0 Å². The Morgan fingerprint density at radius 2 is 1.96 bits per heavy atom. The number of carbonyl (C=O) groups is 1. The highest BCUT2D eigenvalue weighted by Crippen LogP contribution is 2.45. The van der Waals surface area contributed by atoms with Gasteiger partial charge in [0.05, 0.1) is 12.8 Å². The molecule has 0 radical (unpaired) electrons. The number of fused-ring (bicyclic) bond motifs is 3. The van der Waals surface area contributed by atoms with Crippen LogP contribution in [0.1, 0.15) is 32.3 Å². The number of alkyl halides is 1. The molecule has 4 nitrogen and oxygen atoms in total. The number of halogens is 1. The number of amides is 1. The van der Waals surface area contributed by atoms with Crippen LogP contribution < -0.4 is 9.64 Å². The fourth-order valence-electron chi connectivity index (χ4n) is 3.20. The number of hydrogen-bond donors (Lipinski definition) is 0. The number of methoxy groups -OCH3 is 1. The predicted octanol–water partition coefficient (Wildman–Crippen LogP) is 4.93. The number of nitrogens with zero attached hydrogens (tertiary/aromatic N) is 1. The molecule has 0 saturated carbocycles. The van der Waals surface area contributed by atoms with E-state index in [2.05, 4.69) is 6.07 Å². The van der Waals surface area contributed by atoms with Gasteiger partial charge in [-0.25, -0.2) is 4.79 Å². The van der Waals surface area contributed by atoms with Gasteiger partial charge in [-0.05, 0) is 31.7 Å². The van der Waals surface area contributed by atoms with Gasteiger partial charge in [-0.3, -0.25) is 4.90 Å². The number of carbonyl (C=O) groups excluding carboxylic acids is 1. The zero-order valence-electron chi connectivity index (χ0n) is 14.4. The summed E-state index contributed by atoms with van der Waals surface area (Å²) in [6.07, 6.45) is -0.353. The van der Waals surface area contributed by atoms with Crippen LogP contribution in [0.2, 0.25) is 0 Å². The van der Waals surface area contributed by atoms with Gasteiger partial charge in [0.1, 0.15) is 11.4 Å². The molecular formula is C19H22ClNO3. The normalized spacial score (nSPS) is 17.0. The smallest absolute Gasteiger partial charge is 0.414 e. The Labute approximate surface area is 147 Å². The number of ether oxygens (including phenoxy) is 2. The summed E-state index contributed by atoms with van der Waals surface area (Å²) in [6.45, 7) is 6.11. The van der Waals surface area contributed by atoms with E-state index in [0.717, 1.165) is 27.8 Å². The van der Waals surface area contributed by atoms with E-state index < -0.39 is 5.60 Å². The summed E-state index contributed by atoms with van der Waals surface area (Å²) in [5.74, 6) is 1.26. The minimum absolute atomic E-state index is 0.0741. The van der Waals surface area contributed by atoms with Gasteiger partial charge in [-0.15, -0.1) is 11.6 Å². The van der Waals surface area contributed by atoms with Gasteiger partial charge >= 0.3 is 6.09 Å². The maximum Gasteiger partial charge on any atom is 0.414 e. The van der Waals surface area contributed by atoms with E-state index in [4.69, 9.17) is 21.1 Å². The Bertz CT molecular complexity index is 782. The molecule has 0 fully saturated rings. The van der Waals surface area contributed by atoms with Gasteiger partial charge in [-0.2, -0.15) is 0 Å². The molecule has 5 heteroatoms. The van der Waals surface area contributed by atoms with Crippen molar-refractivity contribution in [1.82, 2.24) is 0 Å². The molecule has 24 heavy (non-hydrogen) atoms. The van der Waals surface area contributed by atoms with Crippen molar-refractivity contribution in [2.45, 2.75) is 32.3 Å². The van der Waals surface area contributed by atoms with Gasteiger partial charge in [0.2, 0.25) is 0 Å². The van der Waals surface area contributed by atoms with E-state index in [1.807, 2.05) is 45.0 Å². The monoisotopic (exact) mass is 347 g/mol. The van der Waals surface area contributed by atoms with Crippen LogP contribution in [0.5, 0.6) is 5.75 Å². The van der Waals surface area contributed by atoms with Crippen molar-refractivity contribution in [3.8, 4) is 5.75 Å². The maximum absolute atomic E-state index is 12.6. The highest BCUT2D eigenvalue weighted by molar-refractivity contribution is 6.19. The van der Waals surface area contributed by atoms with Crippen LogP contribution in [0.25, 0.3) is 10.8 Å². The summed E-state index contributed by atoms with van der Waals surface area (Å²) >= 11 is 6.20. The molecule has 1 heterocycles. The summed E-state index contributed by atoms with van der Waals surface area (Å²) in [5.41, 5.74) is 1.37. The second-order valence-corrected chi connectivity index (χ2v) is 7.31. The minimum atomic E-state index is -0.544. The lowest BCUT2D eigenvalue weighted by molar-refractivity contribution is 0.0582. The molecule has 1 aliphatic rings. The Morgan fingerprint density at radius 1 is 1.29 bits per heavy atom. The molecule has 0 aliphatic carbocycles. The first-order chi connectivity index (χ1) is 11.4. The Balaban J connectivity index is 2.15. The third-order valence-electron chi connectivity index (χ3n) is 4.15. The first kappa shape index (κ1) is 16.9. The highest BCUT2D eigenvalue weighted by atomic mass is 35.5. The largest absolute Gasteiger partial charge is 0.496 e. The Hall–Kier alpha value is -1.94. The van der Waals surface area contributed by atoms with Crippen LogP contribution in [-0.2, 0) is 4.74 Å². The minimum Gasteiger partial charge on any atom is -0.496 e. The molecule has 128 valence electrons. The highest BCUT2D eigenvalue weighted by Gasteiger charge is 2.36. The topological polar surface area (TPSA) is 38.8 Å². The van der Waals surface area contributed by atoms with Crippen LogP contribution >= 0.6 is 11.6 Å². The van der Waals surface area contributed by atoms with Crippen LogP contribution in [-0.4, -0.2) is 31.2 Å². The second-order valence-electron chi connectivity index (χ2n) is 7.00. The molecule has 0 N–H and O–H groups in total. The molecule has 0 aromatic heterocycles. The zero-order chi connectivity index (χ0) is 17.5. The third-order valence-corrected chi connectivity index (χ3v) is 4.52. The van der Waals surface area contributed by atoms with E-state index >= 15 is 0 Å². The van der Waals surface area contributed by atoms with Crippen molar-refractivity contribution < 1.29 is 14.3 Å². The molecule has 3 rings (SSSR count). The van der Waals surface area contributed by atoms with E-state index in [9.17, 15) is 4.79 Å². The molecule has 1 atom stereocenters. The van der Waals surface area contributed by atoms with Gasteiger partial charge < -0.3 is 9.47 Å². The van der Waals surface area contributed by atoms with Crippen molar-refractivity contribution >= 4 is 34.2 Å². The first-order valence-corrected chi connectivity index (χ1v) is 8.55. The average molecular weight is 348 g/mol. The summed E-state index contributed by atoms with van der Waals surface area (Å²) in [7, 11) is 1.64. The van der Waals surface area contributed by atoms with Gasteiger partial charge in [0.15, 0.2) is 0 Å². The average Bonchev–Trinajstić information content (AvgIpc) is 2.91. The number of anilines is 1. The summed E-state index contributed by atoms with van der Waals surface area (Å²) in [4.78, 5) is 14.3. The third kappa shape index (κ3) is 2.91. The summed E-state index contributed by atoms with van der Waals surface area (Å²) < 4.78 is 11.1. The Kier molecular flexibility index (Phi) is 4.35. The summed E-state index contributed by atoms with van der Waals surface area (Å²) in [6, 6.07) is 9.95. The SMILES string of the molecule is COc1cc2c(c3ccccc13)[C@H](CCl)CN2C(=O)OC(C)(C)C. The van der Waals surface area contributed by atoms with E-state index in [-0.39, 0.29) is 12.0 Å². The molecule has 1 aliphatic heterocycles. The molecule has 0 bridgehead atoms. The van der Waals surface area contributed by atoms with E-state index in [1.165, 1.54) is 0 Å². The van der Waals surface area contributed by atoms with E-state index in [0.29, 0.717) is 12.4 Å². The van der Waals surface area contributed by atoms with Crippen LogP contribution in [0.3, 0.4) is 0 Å². The predicted molar refractivity (Wildman–Crippen MR) is 97.5 cm³/mol. The molecule has 2 aromatic carbocycles. The molecule has 0 spiro atoms. The van der Waals surface area contributed by atoms with Crippen molar-refractivity contribution in [2.24, 2.45) is 0 Å². The zero-order valence-corrected chi connectivity index (χ0v) is 15.2. The standard InChI is InChI=1S/C19H22ClNO3/c1-19(2,3)24-18(22)21-11-12(10-20)17-14-8-6-5-7-13(14)16(23-4)9-15(17)21/h5-9,12H,10-11H2,1-4H3/t12-/m1/s1. The van der Waals surface area contributed by atoms with Crippen LogP contribution in [0, 0.1) is 0 Å². The fraction of sp³-hybridized carbons (Fsp3) is 0.421. The number of rotatable bonds is 2. The van der Waals surface area contributed by atoms with Gasteiger partial charge in [-0.1, -0.05) is 24.3 Å². The van der Waals surface area contributed by atoms with Crippen LogP contribution in [0.15, 0.2) is 30.3 Å². The fourth-order valence-corrected chi connectivity index (χ4v) is 3.45. The van der Waals surface area contributed by atoms with E-state index in [1.54, 1.807) is 12.0 Å². The lowest BCUT2D eigenvalue weighted by atomic mass is 9.95. The van der Waals surface area contributed by atoms with Crippen LogP contribution in [0.4, 0.5) is 10.5 Å². The molecule has 1 amide bonds. The first-order valence-electron chi connectivity index (χ1n) is 8.02. The second kappa shape index (κ2) is 6.17. The molecule has 2 aromatic rings. The number of hydrogen-bond acceptors (Lipinski definition) is 3. The molecule has 0 unspecified atom stereocenters. The van der Waals surface area contributed by atoms with Gasteiger partial charge in [0.25, 0.3) is 0 Å². The lowest BCUT2D eigenvalue weighted by Gasteiger charge is -2.25. The Morgan fingerprint density at radius 3 is 2.54 bits per heavy atom. The van der Waals surface area contributed by atoms with Crippen molar-refractivity contribution in [3.05, 3.63) is 35.9 Å². The molecular weight excluding hydrogens is 326 g/mol. The lowest BCUT2D eigenvalue weighted by Crippen LogP contribution is -2.36. The maximum atomic E-state index is 12.6. The van der Waals surface area contributed by atoms with Crippen molar-refractivity contribution in [2.75, 3.05) is 24.4 Å².